The zero-order chi connectivity index (χ0) is 13.2. The van der Waals surface area contributed by atoms with Crippen LogP contribution in [-0.4, -0.2) is 13.9 Å². The highest BCUT2D eigenvalue weighted by atomic mass is 15.0. The van der Waals surface area contributed by atoms with Gasteiger partial charge in [-0.15, -0.1) is 0 Å². The average molecular weight is 247 g/mol. The smallest absolute Gasteiger partial charge is 0.281 e. The van der Waals surface area contributed by atoms with Crippen LogP contribution in [0, 0.1) is 0 Å². The summed E-state index contributed by atoms with van der Waals surface area (Å²) in [5, 5.41) is 0. The Bertz CT molecular complexity index is 604. The summed E-state index contributed by atoms with van der Waals surface area (Å²) in [7, 11) is 2.19. The van der Waals surface area contributed by atoms with Crippen molar-refractivity contribution in [2.75, 3.05) is 11.9 Å². The molecule has 1 nitrogen and oxygen atoms in total. The second-order valence-corrected chi connectivity index (χ2v) is 5.05. The third-order valence-electron chi connectivity index (χ3n) is 3.93. The van der Waals surface area contributed by atoms with Crippen LogP contribution in [0.1, 0.15) is 18.1 Å². The van der Waals surface area contributed by atoms with Gasteiger partial charge in [0.25, 0.3) is 6.85 Å². The highest BCUT2D eigenvalue weighted by Gasteiger charge is 2.25. The van der Waals surface area contributed by atoms with Crippen LogP contribution in [0.25, 0.3) is 5.57 Å². The molecule has 2 aromatic rings. The van der Waals surface area contributed by atoms with Crippen LogP contribution in [0.15, 0.2) is 60.6 Å². The van der Waals surface area contributed by atoms with Crippen LogP contribution in [0.2, 0.25) is 6.32 Å². The molecule has 0 amide bonds. The number of nitrogens with zero attached hydrogens (tertiary/aromatic N) is 1. The summed E-state index contributed by atoms with van der Waals surface area (Å²) in [6.07, 6.45) is 1.13. The van der Waals surface area contributed by atoms with Crippen molar-refractivity contribution in [1.82, 2.24) is 0 Å². The van der Waals surface area contributed by atoms with Gasteiger partial charge in [0.15, 0.2) is 0 Å². The van der Waals surface area contributed by atoms with E-state index in [0.717, 1.165) is 6.32 Å². The lowest BCUT2D eigenvalue weighted by atomic mass is 9.54. The van der Waals surface area contributed by atoms with Crippen LogP contribution >= 0.6 is 0 Å². The maximum atomic E-state index is 2.40. The Labute approximate surface area is 115 Å². The standard InChI is InChI=1S/C17H18BN/c1-3-18-13-16(14-9-5-4-6-10-14)15-11-7-8-12-17(15)19(18)2/h4-13H,3H2,1-2H3. The molecule has 0 atom stereocenters. The molecule has 0 saturated carbocycles. The molecule has 0 spiro atoms. The number of fused-ring (bicyclic) bond motifs is 1. The van der Waals surface area contributed by atoms with Gasteiger partial charge in [0.2, 0.25) is 0 Å². The number of hydrogen-bond donors (Lipinski definition) is 0. The summed E-state index contributed by atoms with van der Waals surface area (Å²) in [4.78, 5) is 2.38. The molecular weight excluding hydrogens is 229 g/mol. The predicted molar refractivity (Wildman–Crippen MR) is 84.6 cm³/mol. The number of anilines is 1. The van der Waals surface area contributed by atoms with Crippen LogP contribution in [-0.2, 0) is 0 Å². The first-order valence-electron chi connectivity index (χ1n) is 6.90. The van der Waals surface area contributed by atoms with E-state index in [1.165, 1.54) is 22.4 Å². The van der Waals surface area contributed by atoms with E-state index in [0.29, 0.717) is 6.85 Å². The molecule has 2 heteroatoms. The molecule has 0 bridgehead atoms. The lowest BCUT2D eigenvalue weighted by molar-refractivity contribution is 1.23. The fourth-order valence-electron chi connectivity index (χ4n) is 2.84. The highest BCUT2D eigenvalue weighted by molar-refractivity contribution is 6.70. The fourth-order valence-corrected chi connectivity index (χ4v) is 2.84. The first kappa shape index (κ1) is 12.1. The van der Waals surface area contributed by atoms with Gasteiger partial charge in [-0.1, -0.05) is 67.8 Å². The zero-order valence-corrected chi connectivity index (χ0v) is 11.5. The second-order valence-electron chi connectivity index (χ2n) is 5.05. The largest absolute Gasteiger partial charge is 0.413 e. The van der Waals surface area contributed by atoms with Crippen LogP contribution in [0.5, 0.6) is 0 Å². The van der Waals surface area contributed by atoms with Crippen molar-refractivity contribution in [2.45, 2.75) is 13.2 Å². The van der Waals surface area contributed by atoms with Gasteiger partial charge in [-0.3, -0.25) is 0 Å². The maximum absolute atomic E-state index is 2.40. The Morgan fingerprint density at radius 2 is 1.63 bits per heavy atom. The first-order chi connectivity index (χ1) is 9.31. The van der Waals surface area contributed by atoms with Crippen LogP contribution in [0.3, 0.4) is 0 Å². The molecule has 0 saturated heterocycles. The lowest BCUT2D eigenvalue weighted by Crippen LogP contribution is -2.37. The van der Waals surface area contributed by atoms with Gasteiger partial charge in [-0.25, -0.2) is 0 Å². The molecule has 0 N–H and O–H groups in total. The van der Waals surface area contributed by atoms with Crippen molar-refractivity contribution in [3.05, 3.63) is 71.7 Å². The molecule has 1 aliphatic heterocycles. The van der Waals surface area contributed by atoms with Crippen molar-refractivity contribution in [3.8, 4) is 0 Å². The highest BCUT2D eigenvalue weighted by Crippen LogP contribution is 2.36. The molecule has 1 heterocycles. The van der Waals surface area contributed by atoms with E-state index in [1.807, 2.05) is 0 Å². The molecule has 0 aliphatic carbocycles. The molecule has 2 aromatic carbocycles. The Morgan fingerprint density at radius 3 is 2.37 bits per heavy atom. The summed E-state index contributed by atoms with van der Waals surface area (Å²) in [6.45, 7) is 2.72. The third-order valence-corrected chi connectivity index (χ3v) is 3.93. The summed E-state index contributed by atoms with van der Waals surface area (Å²) in [5.74, 6) is 2.40. The average Bonchev–Trinajstić information content (AvgIpc) is 2.49. The maximum Gasteiger partial charge on any atom is 0.281 e. The van der Waals surface area contributed by atoms with E-state index in [4.69, 9.17) is 0 Å². The molecular formula is C17H18BN. The minimum Gasteiger partial charge on any atom is -0.413 e. The van der Waals surface area contributed by atoms with Gasteiger partial charge in [0.1, 0.15) is 0 Å². The first-order valence-corrected chi connectivity index (χ1v) is 6.90. The molecule has 19 heavy (non-hydrogen) atoms. The monoisotopic (exact) mass is 247 g/mol. The zero-order valence-electron chi connectivity index (χ0n) is 11.5. The van der Waals surface area contributed by atoms with Crippen molar-refractivity contribution in [2.24, 2.45) is 0 Å². The molecule has 3 rings (SSSR count). The topological polar surface area (TPSA) is 3.24 Å². The normalized spacial score (nSPS) is 14.1. The molecule has 1 aliphatic rings. The quantitative estimate of drug-likeness (QED) is 0.721. The van der Waals surface area contributed by atoms with E-state index in [1.54, 1.807) is 0 Å². The van der Waals surface area contributed by atoms with Gasteiger partial charge < -0.3 is 4.81 Å². The van der Waals surface area contributed by atoms with Gasteiger partial charge in [-0.05, 0) is 24.3 Å². The van der Waals surface area contributed by atoms with Crippen molar-refractivity contribution in [3.63, 3.8) is 0 Å². The minimum atomic E-state index is 0.477. The number of rotatable bonds is 2. The van der Waals surface area contributed by atoms with Gasteiger partial charge in [0.05, 0.1) is 0 Å². The van der Waals surface area contributed by atoms with Crippen LogP contribution < -0.4 is 4.81 Å². The Balaban J connectivity index is 2.17. The molecule has 0 radical (unpaired) electrons. The summed E-state index contributed by atoms with van der Waals surface area (Å²) >= 11 is 0. The molecule has 0 aromatic heterocycles. The van der Waals surface area contributed by atoms with E-state index in [9.17, 15) is 0 Å². The van der Waals surface area contributed by atoms with E-state index in [2.05, 4.69) is 79.4 Å². The van der Waals surface area contributed by atoms with E-state index < -0.39 is 0 Å². The van der Waals surface area contributed by atoms with Crippen molar-refractivity contribution < 1.29 is 0 Å². The Kier molecular flexibility index (Phi) is 3.16. The Morgan fingerprint density at radius 1 is 0.947 bits per heavy atom. The molecule has 0 unspecified atom stereocenters. The van der Waals surface area contributed by atoms with Gasteiger partial charge >= 0.3 is 0 Å². The van der Waals surface area contributed by atoms with Gasteiger partial charge in [0, 0.05) is 11.3 Å². The SMILES string of the molecule is CCB1C=C(c2ccccc2)c2ccccc2N1C. The molecule has 0 fully saturated rings. The Hall–Kier alpha value is -1.96. The minimum absolute atomic E-state index is 0.477. The molecule has 94 valence electrons. The second kappa shape index (κ2) is 4.97. The number of hydrogen-bond acceptors (Lipinski definition) is 1. The number of benzene rings is 2. The summed E-state index contributed by atoms with van der Waals surface area (Å²) < 4.78 is 0. The summed E-state index contributed by atoms with van der Waals surface area (Å²) in [5.41, 5.74) is 5.33. The van der Waals surface area contributed by atoms with Crippen molar-refractivity contribution in [1.29, 1.82) is 0 Å². The van der Waals surface area contributed by atoms with E-state index >= 15 is 0 Å². The van der Waals surface area contributed by atoms with Gasteiger partial charge in [-0.2, -0.15) is 0 Å². The van der Waals surface area contributed by atoms with Crippen LogP contribution in [0.4, 0.5) is 5.69 Å². The third kappa shape index (κ3) is 2.08. The van der Waals surface area contributed by atoms with Crippen molar-refractivity contribution >= 4 is 18.1 Å². The fraction of sp³-hybridized carbons (Fsp3) is 0.176. The van der Waals surface area contributed by atoms with E-state index in [-0.39, 0.29) is 0 Å². The predicted octanol–water partition coefficient (Wildman–Crippen LogP) is 4.12. The lowest BCUT2D eigenvalue weighted by Gasteiger charge is -2.32. The number of para-hydroxylation sites is 1. The summed E-state index contributed by atoms with van der Waals surface area (Å²) in [6, 6.07) is 19.4.